The predicted octanol–water partition coefficient (Wildman–Crippen LogP) is 1.46. The molecule has 0 aromatic carbocycles. The largest absolute Gasteiger partial charge is 0.415 e. The molecule has 0 spiro atoms. The van der Waals surface area contributed by atoms with Crippen LogP contribution in [0.15, 0.2) is 17.0 Å². The molecule has 17 heavy (non-hydrogen) atoms. The van der Waals surface area contributed by atoms with Gasteiger partial charge in [0, 0.05) is 0 Å². The molecule has 1 aromatic heterocycles. The number of hydrogen-bond acceptors (Lipinski definition) is 4. The molecule has 1 aromatic rings. The lowest BCUT2D eigenvalue weighted by molar-refractivity contribution is -0.184. The van der Waals surface area contributed by atoms with E-state index in [0.717, 1.165) is 6.20 Å². The molecule has 5 nitrogen and oxygen atoms in total. The number of carbonyl (C=O) groups is 1. The molecule has 0 aliphatic rings. The number of anilines is 1. The van der Waals surface area contributed by atoms with Crippen molar-refractivity contribution in [1.29, 1.82) is 0 Å². The number of amides is 1. The fourth-order valence-electron chi connectivity index (χ4n) is 0.752. The second-order valence-corrected chi connectivity index (χ2v) is 4.19. The molecule has 0 aliphatic carbocycles. The zero-order chi connectivity index (χ0) is 13.3. The third-order valence-electron chi connectivity index (χ3n) is 1.92. The van der Waals surface area contributed by atoms with Gasteiger partial charge in [-0.15, -0.1) is 0 Å². The number of nitrogens with two attached hydrogens (primary N) is 1. The predicted molar refractivity (Wildman–Crippen MR) is 57.0 cm³/mol. The highest BCUT2D eigenvalue weighted by Gasteiger charge is 2.54. The Labute approximate surface area is 103 Å². The number of hydrogen-bond donors (Lipinski definition) is 2. The van der Waals surface area contributed by atoms with Crippen molar-refractivity contribution < 1.29 is 18.0 Å². The minimum atomic E-state index is -4.85. The van der Waals surface area contributed by atoms with E-state index in [1.807, 2.05) is 5.32 Å². The first-order valence-corrected chi connectivity index (χ1v) is 5.08. The van der Waals surface area contributed by atoms with Crippen molar-refractivity contribution in [3.05, 3.63) is 17.0 Å². The van der Waals surface area contributed by atoms with Crippen LogP contribution in [-0.4, -0.2) is 27.6 Å². The molecule has 1 rings (SSSR count). The third kappa shape index (κ3) is 3.13. The summed E-state index contributed by atoms with van der Waals surface area (Å²) in [4.78, 5) is 18.7. The number of carbonyl (C=O) groups excluding carboxylic acids is 1. The molecule has 1 amide bonds. The maximum Gasteiger partial charge on any atom is 0.415 e. The van der Waals surface area contributed by atoms with Crippen LogP contribution in [0.3, 0.4) is 0 Å². The van der Waals surface area contributed by atoms with E-state index in [1.165, 1.54) is 6.20 Å². The Morgan fingerprint density at radius 3 is 2.41 bits per heavy atom. The molecule has 94 valence electrons. The zero-order valence-corrected chi connectivity index (χ0v) is 10.1. The van der Waals surface area contributed by atoms with Crippen molar-refractivity contribution >= 4 is 27.7 Å². The first-order valence-electron chi connectivity index (χ1n) is 4.29. The van der Waals surface area contributed by atoms with Crippen molar-refractivity contribution in [2.45, 2.75) is 18.6 Å². The monoisotopic (exact) mass is 312 g/mol. The van der Waals surface area contributed by atoms with Crippen LogP contribution in [0.4, 0.5) is 19.0 Å². The van der Waals surface area contributed by atoms with Crippen molar-refractivity contribution in [1.82, 2.24) is 9.97 Å². The van der Waals surface area contributed by atoms with Gasteiger partial charge in [0.2, 0.25) is 0 Å². The lowest BCUT2D eigenvalue weighted by Crippen LogP contribution is -2.59. The summed E-state index contributed by atoms with van der Waals surface area (Å²) in [7, 11) is 0. The number of nitrogens with one attached hydrogen (secondary N) is 1. The minimum Gasteiger partial charge on any atom is -0.310 e. The maximum absolute atomic E-state index is 12.4. The van der Waals surface area contributed by atoms with E-state index in [1.54, 1.807) is 0 Å². The van der Waals surface area contributed by atoms with Crippen molar-refractivity contribution in [2.75, 3.05) is 5.32 Å². The summed E-state index contributed by atoms with van der Waals surface area (Å²) in [5, 5.41) is 1.94. The standard InChI is InChI=1S/C8H8BrF3N4O/c1-7(13,8(10,11)12)6(17)16-5-3-14-4(9)2-15-5/h2-3H,13H2,1H3,(H,15,16,17). The summed E-state index contributed by atoms with van der Waals surface area (Å²) in [6.07, 6.45) is -2.51. The Bertz CT molecular complexity index is 418. The van der Waals surface area contributed by atoms with Gasteiger partial charge in [0.25, 0.3) is 5.91 Å². The van der Waals surface area contributed by atoms with E-state index in [-0.39, 0.29) is 5.82 Å². The van der Waals surface area contributed by atoms with Crippen LogP contribution in [-0.2, 0) is 4.79 Å². The molecule has 0 fully saturated rings. The summed E-state index contributed by atoms with van der Waals surface area (Å²) in [5.74, 6) is -1.51. The molecule has 3 N–H and O–H groups in total. The number of aromatic nitrogens is 2. The first-order chi connectivity index (χ1) is 7.64. The van der Waals surface area contributed by atoms with Gasteiger partial charge in [-0.3, -0.25) is 4.79 Å². The molecule has 0 saturated carbocycles. The van der Waals surface area contributed by atoms with Crippen LogP contribution >= 0.6 is 15.9 Å². The fourth-order valence-corrected chi connectivity index (χ4v) is 0.956. The van der Waals surface area contributed by atoms with Crippen LogP contribution in [0.2, 0.25) is 0 Å². The topological polar surface area (TPSA) is 80.9 Å². The fraction of sp³-hybridized carbons (Fsp3) is 0.375. The summed E-state index contributed by atoms with van der Waals surface area (Å²) in [6, 6.07) is 0. The van der Waals surface area contributed by atoms with Gasteiger partial charge in [0.15, 0.2) is 11.4 Å². The molecule has 0 aliphatic heterocycles. The van der Waals surface area contributed by atoms with Crippen LogP contribution in [0.25, 0.3) is 0 Å². The molecular formula is C8H8BrF3N4O. The van der Waals surface area contributed by atoms with Gasteiger partial charge >= 0.3 is 6.18 Å². The normalized spacial score (nSPS) is 15.2. The molecule has 1 heterocycles. The van der Waals surface area contributed by atoms with Crippen LogP contribution in [0, 0.1) is 0 Å². The highest BCUT2D eigenvalue weighted by molar-refractivity contribution is 9.10. The smallest absolute Gasteiger partial charge is 0.310 e. The van der Waals surface area contributed by atoms with E-state index in [2.05, 4.69) is 25.9 Å². The van der Waals surface area contributed by atoms with Crippen LogP contribution < -0.4 is 11.1 Å². The van der Waals surface area contributed by atoms with E-state index in [4.69, 9.17) is 5.73 Å². The van der Waals surface area contributed by atoms with Crippen molar-refractivity contribution in [3.8, 4) is 0 Å². The Hall–Kier alpha value is -1.22. The first kappa shape index (κ1) is 13.8. The lowest BCUT2D eigenvalue weighted by atomic mass is 10.0. The van der Waals surface area contributed by atoms with Crippen LogP contribution in [0.5, 0.6) is 0 Å². The van der Waals surface area contributed by atoms with E-state index in [0.29, 0.717) is 11.5 Å². The molecular weight excluding hydrogens is 305 g/mol. The molecule has 0 bridgehead atoms. The highest BCUT2D eigenvalue weighted by atomic mass is 79.9. The number of alkyl halides is 3. The second-order valence-electron chi connectivity index (χ2n) is 3.38. The highest BCUT2D eigenvalue weighted by Crippen LogP contribution is 2.28. The third-order valence-corrected chi connectivity index (χ3v) is 2.33. The SMILES string of the molecule is CC(N)(C(=O)Nc1cnc(Br)cn1)C(F)(F)F. The lowest BCUT2D eigenvalue weighted by Gasteiger charge is -2.25. The van der Waals surface area contributed by atoms with E-state index < -0.39 is 17.6 Å². The van der Waals surface area contributed by atoms with Gasteiger partial charge in [-0.05, 0) is 22.9 Å². The molecule has 0 saturated heterocycles. The van der Waals surface area contributed by atoms with E-state index in [9.17, 15) is 18.0 Å². The Kier molecular flexibility index (Phi) is 3.72. The Morgan fingerprint density at radius 1 is 1.41 bits per heavy atom. The number of nitrogens with zero attached hydrogens (tertiary/aromatic N) is 2. The van der Waals surface area contributed by atoms with E-state index >= 15 is 0 Å². The Balaban J connectivity index is 2.83. The van der Waals surface area contributed by atoms with Crippen LogP contribution in [0.1, 0.15) is 6.92 Å². The zero-order valence-electron chi connectivity index (χ0n) is 8.55. The summed E-state index contributed by atoms with van der Waals surface area (Å²) in [5.41, 5.74) is 1.94. The van der Waals surface area contributed by atoms with Gasteiger partial charge in [0.05, 0.1) is 12.4 Å². The van der Waals surface area contributed by atoms with Gasteiger partial charge in [0.1, 0.15) is 4.60 Å². The number of halogens is 4. The van der Waals surface area contributed by atoms with Crippen molar-refractivity contribution in [3.63, 3.8) is 0 Å². The van der Waals surface area contributed by atoms with Gasteiger partial charge in [-0.1, -0.05) is 0 Å². The second kappa shape index (κ2) is 4.57. The number of rotatable bonds is 2. The summed E-state index contributed by atoms with van der Waals surface area (Å²) < 4.78 is 37.7. The maximum atomic E-state index is 12.4. The molecule has 1 unspecified atom stereocenters. The summed E-state index contributed by atoms with van der Waals surface area (Å²) >= 11 is 2.99. The molecule has 9 heteroatoms. The average molecular weight is 313 g/mol. The van der Waals surface area contributed by atoms with Gasteiger partial charge in [-0.25, -0.2) is 9.97 Å². The van der Waals surface area contributed by atoms with Gasteiger partial charge < -0.3 is 11.1 Å². The summed E-state index contributed by atoms with van der Waals surface area (Å²) in [6.45, 7) is 0.578. The van der Waals surface area contributed by atoms with Crippen molar-refractivity contribution in [2.24, 2.45) is 5.73 Å². The molecule has 1 atom stereocenters. The Morgan fingerprint density at radius 2 is 2.00 bits per heavy atom. The van der Waals surface area contributed by atoms with Gasteiger partial charge in [-0.2, -0.15) is 13.2 Å². The average Bonchev–Trinajstić information content (AvgIpc) is 2.19. The molecule has 0 radical (unpaired) electrons. The minimum absolute atomic E-state index is 0.112. The quantitative estimate of drug-likeness (QED) is 0.866.